The number of rotatable bonds is 6. The van der Waals surface area contributed by atoms with E-state index < -0.39 is 0 Å². The second-order valence-electron chi connectivity index (χ2n) is 6.55. The van der Waals surface area contributed by atoms with Crippen molar-refractivity contribution < 1.29 is 9.21 Å². The van der Waals surface area contributed by atoms with Crippen molar-refractivity contribution in [3.8, 4) is 0 Å². The van der Waals surface area contributed by atoms with Gasteiger partial charge in [-0.25, -0.2) is 4.98 Å². The van der Waals surface area contributed by atoms with Gasteiger partial charge in [-0.15, -0.1) is 11.8 Å². The van der Waals surface area contributed by atoms with E-state index in [1.807, 2.05) is 54.8 Å². The van der Waals surface area contributed by atoms with Gasteiger partial charge in [-0.3, -0.25) is 9.69 Å². The number of anilines is 1. The van der Waals surface area contributed by atoms with Crippen molar-refractivity contribution in [3.05, 3.63) is 77.7 Å². The highest BCUT2D eigenvalue weighted by atomic mass is 32.2. The number of hydrogen-bond donors (Lipinski definition) is 0. The lowest BCUT2D eigenvalue weighted by molar-refractivity contribution is -0.118. The van der Waals surface area contributed by atoms with E-state index in [4.69, 9.17) is 9.40 Å². The molecule has 142 valence electrons. The normalized spacial score (nSPS) is 11.1. The first-order chi connectivity index (χ1) is 13.6. The Balaban J connectivity index is 1.64. The van der Waals surface area contributed by atoms with Gasteiger partial charge in [0.15, 0.2) is 5.13 Å². The van der Waals surface area contributed by atoms with Gasteiger partial charge in [0.2, 0.25) is 5.91 Å². The fourth-order valence-corrected chi connectivity index (χ4v) is 4.46. The summed E-state index contributed by atoms with van der Waals surface area (Å²) in [6.45, 7) is 2.43. The van der Waals surface area contributed by atoms with Crippen molar-refractivity contribution in [3.63, 3.8) is 0 Å². The molecule has 0 radical (unpaired) electrons. The van der Waals surface area contributed by atoms with Gasteiger partial charge in [-0.1, -0.05) is 29.5 Å². The fraction of sp³-hybridized carbons (Fsp3) is 0.182. The molecule has 0 saturated heterocycles. The molecule has 2 aromatic heterocycles. The summed E-state index contributed by atoms with van der Waals surface area (Å²) in [4.78, 5) is 20.8. The van der Waals surface area contributed by atoms with Crippen LogP contribution in [0.2, 0.25) is 0 Å². The van der Waals surface area contributed by atoms with E-state index in [-0.39, 0.29) is 5.91 Å². The molecule has 4 rings (SSSR count). The molecule has 0 fully saturated rings. The molecule has 2 aromatic carbocycles. The number of carbonyl (C=O) groups excluding carboxylic acids is 1. The van der Waals surface area contributed by atoms with Gasteiger partial charge < -0.3 is 4.42 Å². The van der Waals surface area contributed by atoms with Crippen molar-refractivity contribution in [2.45, 2.75) is 24.8 Å². The third-order valence-electron chi connectivity index (χ3n) is 4.47. The third kappa shape index (κ3) is 4.13. The molecule has 1 amide bonds. The molecule has 0 N–H and O–H groups in total. The summed E-state index contributed by atoms with van der Waals surface area (Å²) < 4.78 is 6.57. The highest BCUT2D eigenvalue weighted by Crippen LogP contribution is 2.31. The molecule has 28 heavy (non-hydrogen) atoms. The minimum atomic E-state index is 0.00378. The lowest BCUT2D eigenvalue weighted by Crippen LogP contribution is -2.31. The number of thioether (sulfide) groups is 1. The minimum absolute atomic E-state index is 0.00378. The average molecular weight is 409 g/mol. The average Bonchev–Trinajstić information content (AvgIpc) is 3.35. The van der Waals surface area contributed by atoms with Gasteiger partial charge in [0.25, 0.3) is 0 Å². The Morgan fingerprint density at radius 3 is 2.71 bits per heavy atom. The van der Waals surface area contributed by atoms with E-state index in [9.17, 15) is 4.79 Å². The quantitative estimate of drug-likeness (QED) is 0.384. The molecule has 2 heterocycles. The molecule has 4 nitrogen and oxygen atoms in total. The van der Waals surface area contributed by atoms with Crippen LogP contribution >= 0.6 is 23.1 Å². The second kappa shape index (κ2) is 8.20. The number of furan rings is 1. The number of aromatic nitrogens is 1. The maximum atomic E-state index is 13.2. The number of hydrogen-bond acceptors (Lipinski definition) is 5. The van der Waals surface area contributed by atoms with Gasteiger partial charge in [0.05, 0.1) is 29.4 Å². The molecular weight excluding hydrogens is 388 g/mol. The largest absolute Gasteiger partial charge is 0.467 e. The van der Waals surface area contributed by atoms with Crippen molar-refractivity contribution in [1.29, 1.82) is 0 Å². The monoisotopic (exact) mass is 408 g/mol. The van der Waals surface area contributed by atoms with E-state index >= 15 is 0 Å². The highest BCUT2D eigenvalue weighted by Gasteiger charge is 2.21. The van der Waals surface area contributed by atoms with Crippen molar-refractivity contribution in [2.75, 3.05) is 11.2 Å². The lowest BCUT2D eigenvalue weighted by Gasteiger charge is -2.19. The zero-order valence-corrected chi connectivity index (χ0v) is 17.3. The maximum Gasteiger partial charge on any atom is 0.233 e. The Morgan fingerprint density at radius 2 is 2.00 bits per heavy atom. The number of amides is 1. The predicted molar refractivity (Wildman–Crippen MR) is 116 cm³/mol. The molecule has 4 aromatic rings. The molecule has 0 atom stereocenters. The summed E-state index contributed by atoms with van der Waals surface area (Å²) in [6.07, 6.45) is 3.99. The SMILES string of the molecule is CSc1ccc(CC(=O)N(Cc2ccco2)c2nc3ccc(C)cc3s2)cc1. The molecule has 0 aliphatic heterocycles. The van der Waals surface area contributed by atoms with Crippen LogP contribution in [0.1, 0.15) is 16.9 Å². The number of thiazole rings is 1. The summed E-state index contributed by atoms with van der Waals surface area (Å²) in [5.41, 5.74) is 3.08. The van der Waals surface area contributed by atoms with Gasteiger partial charge in [-0.2, -0.15) is 0 Å². The molecule has 6 heteroatoms. The maximum absolute atomic E-state index is 13.2. The van der Waals surface area contributed by atoms with Crippen LogP contribution in [0.4, 0.5) is 5.13 Å². The third-order valence-corrected chi connectivity index (χ3v) is 6.26. The zero-order valence-electron chi connectivity index (χ0n) is 15.7. The number of aryl methyl sites for hydroxylation is 1. The Hall–Kier alpha value is -2.57. The molecule has 0 unspecified atom stereocenters. The predicted octanol–water partition coefficient (Wildman–Crippen LogP) is 5.70. The smallest absolute Gasteiger partial charge is 0.233 e. The highest BCUT2D eigenvalue weighted by molar-refractivity contribution is 7.98. The Kier molecular flexibility index (Phi) is 5.50. The molecule has 0 spiro atoms. The van der Waals surface area contributed by atoms with Gasteiger partial charge in [-0.05, 0) is 60.7 Å². The lowest BCUT2D eigenvalue weighted by atomic mass is 10.1. The molecule has 0 saturated carbocycles. The number of nitrogens with zero attached hydrogens (tertiary/aromatic N) is 2. The summed E-state index contributed by atoms with van der Waals surface area (Å²) >= 11 is 3.23. The molecule has 0 aliphatic carbocycles. The summed E-state index contributed by atoms with van der Waals surface area (Å²) in [7, 11) is 0. The van der Waals surface area contributed by atoms with Crippen LogP contribution in [0.5, 0.6) is 0 Å². The summed E-state index contributed by atoms with van der Waals surface area (Å²) in [5, 5.41) is 0.697. The van der Waals surface area contributed by atoms with E-state index in [1.165, 1.54) is 21.8 Å². The second-order valence-corrected chi connectivity index (χ2v) is 8.44. The van der Waals surface area contributed by atoms with Crippen LogP contribution in [0.3, 0.4) is 0 Å². The Morgan fingerprint density at radius 1 is 1.18 bits per heavy atom. The van der Waals surface area contributed by atoms with E-state index in [2.05, 4.69) is 13.0 Å². The van der Waals surface area contributed by atoms with Gasteiger partial charge in [0, 0.05) is 4.90 Å². The van der Waals surface area contributed by atoms with Gasteiger partial charge >= 0.3 is 0 Å². The fourth-order valence-electron chi connectivity index (χ4n) is 2.97. The summed E-state index contributed by atoms with van der Waals surface area (Å²) in [6, 6.07) is 18.0. The van der Waals surface area contributed by atoms with Crippen molar-refractivity contribution in [2.24, 2.45) is 0 Å². The minimum Gasteiger partial charge on any atom is -0.467 e. The van der Waals surface area contributed by atoms with E-state index in [1.54, 1.807) is 22.9 Å². The van der Waals surface area contributed by atoms with E-state index in [0.29, 0.717) is 18.1 Å². The molecule has 0 bridgehead atoms. The first kappa shape index (κ1) is 18.8. The first-order valence-electron chi connectivity index (χ1n) is 8.95. The van der Waals surface area contributed by atoms with Crippen LogP contribution in [0.15, 0.2) is 70.2 Å². The van der Waals surface area contributed by atoms with Crippen molar-refractivity contribution in [1.82, 2.24) is 4.98 Å². The zero-order chi connectivity index (χ0) is 19.5. The van der Waals surface area contributed by atoms with Crippen LogP contribution < -0.4 is 4.90 Å². The Bertz CT molecular complexity index is 1090. The topological polar surface area (TPSA) is 46.3 Å². The molecular formula is C22H20N2O2S2. The number of fused-ring (bicyclic) bond motifs is 1. The van der Waals surface area contributed by atoms with Crippen LogP contribution in [-0.2, 0) is 17.8 Å². The summed E-state index contributed by atoms with van der Waals surface area (Å²) in [5.74, 6) is 0.741. The number of carbonyl (C=O) groups is 1. The van der Waals surface area contributed by atoms with Crippen LogP contribution in [0.25, 0.3) is 10.2 Å². The van der Waals surface area contributed by atoms with Crippen LogP contribution in [-0.4, -0.2) is 17.1 Å². The van der Waals surface area contributed by atoms with E-state index in [0.717, 1.165) is 21.5 Å². The van der Waals surface area contributed by atoms with Crippen molar-refractivity contribution >= 4 is 44.4 Å². The molecule has 0 aliphatic rings. The standard InChI is InChI=1S/C22H20N2O2S2/c1-15-5-10-19-20(12-15)28-22(23-19)24(14-17-4-3-11-26-17)21(25)13-16-6-8-18(27-2)9-7-16/h3-12H,13-14H2,1-2H3. The Labute approximate surface area is 172 Å². The van der Waals surface area contributed by atoms with Crippen LogP contribution in [0, 0.1) is 6.92 Å². The first-order valence-corrected chi connectivity index (χ1v) is 11.0. The number of benzene rings is 2. The van der Waals surface area contributed by atoms with Gasteiger partial charge in [0.1, 0.15) is 5.76 Å².